The number of carbonyl (C=O) groups excluding carboxylic acids is 1. The number of methoxy groups -OCH3 is 2. The summed E-state index contributed by atoms with van der Waals surface area (Å²) in [6.07, 6.45) is 0.906. The van der Waals surface area contributed by atoms with E-state index >= 15 is 0 Å². The Morgan fingerprint density at radius 3 is 2.08 bits per heavy atom. The summed E-state index contributed by atoms with van der Waals surface area (Å²) in [5.74, 6) is 0.0318. The Bertz CT molecular complexity index is 1570. The van der Waals surface area contributed by atoms with Crippen LogP contribution in [-0.4, -0.2) is 49.8 Å². The predicted molar refractivity (Wildman–Crippen MR) is 149 cm³/mol. The first-order valence-corrected chi connectivity index (χ1v) is 15.0. The maximum atomic E-state index is 12.9. The zero-order chi connectivity index (χ0) is 28.3. The smallest absolute Gasteiger partial charge is 0.262 e. The van der Waals surface area contributed by atoms with E-state index in [1.165, 1.54) is 62.8 Å². The topological polar surface area (TPSA) is 131 Å². The molecule has 0 heterocycles. The van der Waals surface area contributed by atoms with Gasteiger partial charge in [0.25, 0.3) is 10.0 Å². The van der Waals surface area contributed by atoms with Crippen molar-refractivity contribution in [1.29, 1.82) is 0 Å². The maximum absolute atomic E-state index is 12.9. The molecule has 1 amide bonds. The standard InChI is InChI=1S/C23H22Cl3N3O7S2/c1-35-15-6-9-20(22(10-15)36-2)28-38(33,34)16-7-4-14(5-8-16)27-23(30)13-29(37(3,31)32)21-12-18(25)17(24)11-19(21)26/h4-12,28H,13H2,1-3H3,(H,27,30). The van der Waals surface area contributed by atoms with Crippen molar-refractivity contribution in [1.82, 2.24) is 0 Å². The van der Waals surface area contributed by atoms with Gasteiger partial charge in [0.05, 0.1) is 51.8 Å². The molecule has 3 aromatic rings. The molecule has 0 spiro atoms. The highest BCUT2D eigenvalue weighted by Gasteiger charge is 2.24. The Balaban J connectivity index is 1.76. The summed E-state index contributed by atoms with van der Waals surface area (Å²) in [5, 5.41) is 2.67. The van der Waals surface area contributed by atoms with E-state index in [0.29, 0.717) is 5.75 Å². The number of nitrogens with one attached hydrogen (secondary N) is 2. The Hall–Kier alpha value is -2.90. The first kappa shape index (κ1) is 29.7. The molecular formula is C23H22Cl3N3O7S2. The van der Waals surface area contributed by atoms with Gasteiger partial charge in [0.15, 0.2) is 0 Å². The molecule has 0 radical (unpaired) electrons. The number of anilines is 3. The molecule has 2 N–H and O–H groups in total. The van der Waals surface area contributed by atoms with Crippen LogP contribution in [0.5, 0.6) is 11.5 Å². The van der Waals surface area contributed by atoms with E-state index in [2.05, 4.69) is 10.0 Å². The molecule has 0 aromatic heterocycles. The molecule has 0 aliphatic heterocycles. The third-order valence-electron chi connectivity index (χ3n) is 5.05. The monoisotopic (exact) mass is 621 g/mol. The van der Waals surface area contributed by atoms with Gasteiger partial charge in [-0.25, -0.2) is 16.8 Å². The lowest BCUT2D eigenvalue weighted by atomic mass is 10.3. The number of rotatable bonds is 10. The summed E-state index contributed by atoms with van der Waals surface area (Å²) < 4.78 is 64.0. The summed E-state index contributed by atoms with van der Waals surface area (Å²) >= 11 is 18.1. The molecule has 0 atom stereocenters. The summed E-state index contributed by atoms with van der Waals surface area (Å²) in [5.41, 5.74) is 0.400. The largest absolute Gasteiger partial charge is 0.497 e. The Kier molecular flexibility index (Phi) is 9.26. The van der Waals surface area contributed by atoms with Crippen LogP contribution in [-0.2, 0) is 24.8 Å². The highest BCUT2D eigenvalue weighted by atomic mass is 35.5. The molecule has 10 nitrogen and oxygen atoms in total. The van der Waals surface area contributed by atoms with Gasteiger partial charge in [-0.05, 0) is 48.5 Å². The van der Waals surface area contributed by atoms with E-state index in [-0.39, 0.29) is 42.8 Å². The van der Waals surface area contributed by atoms with Crippen LogP contribution in [0.3, 0.4) is 0 Å². The first-order chi connectivity index (χ1) is 17.7. The van der Waals surface area contributed by atoms with E-state index in [9.17, 15) is 21.6 Å². The number of sulfonamides is 2. The Morgan fingerprint density at radius 1 is 0.868 bits per heavy atom. The number of hydrogen-bond donors (Lipinski definition) is 2. The maximum Gasteiger partial charge on any atom is 0.262 e. The SMILES string of the molecule is COc1ccc(NS(=O)(=O)c2ccc(NC(=O)CN(c3cc(Cl)c(Cl)cc3Cl)S(C)(=O)=O)cc2)c(OC)c1. The van der Waals surface area contributed by atoms with Crippen LogP contribution in [0.2, 0.25) is 15.1 Å². The summed E-state index contributed by atoms with van der Waals surface area (Å²) in [4.78, 5) is 12.6. The third kappa shape index (κ3) is 7.14. The van der Waals surface area contributed by atoms with Gasteiger partial charge in [-0.1, -0.05) is 34.8 Å². The highest BCUT2D eigenvalue weighted by molar-refractivity contribution is 7.92. The fraction of sp³-hybridized carbons (Fsp3) is 0.174. The predicted octanol–water partition coefficient (Wildman–Crippen LogP) is 4.87. The zero-order valence-electron chi connectivity index (χ0n) is 20.2. The van der Waals surface area contributed by atoms with E-state index in [4.69, 9.17) is 44.3 Å². The quantitative estimate of drug-likeness (QED) is 0.309. The number of hydrogen-bond acceptors (Lipinski definition) is 7. The lowest BCUT2D eigenvalue weighted by molar-refractivity contribution is -0.114. The second-order valence-corrected chi connectivity index (χ2v) is 12.5. The molecule has 15 heteroatoms. The van der Waals surface area contributed by atoms with Crippen molar-refractivity contribution in [2.75, 3.05) is 41.4 Å². The highest BCUT2D eigenvalue weighted by Crippen LogP contribution is 2.35. The van der Waals surface area contributed by atoms with Crippen LogP contribution in [0.1, 0.15) is 0 Å². The molecule has 0 unspecified atom stereocenters. The molecule has 0 aliphatic rings. The lowest BCUT2D eigenvalue weighted by Crippen LogP contribution is -2.37. The van der Waals surface area contributed by atoms with Crippen LogP contribution >= 0.6 is 34.8 Å². The van der Waals surface area contributed by atoms with Gasteiger partial charge in [0.2, 0.25) is 15.9 Å². The Morgan fingerprint density at radius 2 is 1.50 bits per heavy atom. The number of nitrogens with zero attached hydrogens (tertiary/aromatic N) is 1. The number of ether oxygens (including phenoxy) is 2. The number of benzene rings is 3. The molecule has 0 saturated carbocycles. The average Bonchev–Trinajstić information content (AvgIpc) is 2.84. The van der Waals surface area contributed by atoms with Crippen LogP contribution in [0, 0.1) is 0 Å². The molecule has 38 heavy (non-hydrogen) atoms. The minimum Gasteiger partial charge on any atom is -0.497 e. The number of halogens is 3. The second kappa shape index (κ2) is 11.9. The van der Waals surface area contributed by atoms with Crippen molar-refractivity contribution in [3.8, 4) is 11.5 Å². The molecule has 3 aromatic carbocycles. The van der Waals surface area contributed by atoms with Crippen molar-refractivity contribution in [3.05, 3.63) is 69.7 Å². The fourth-order valence-corrected chi connectivity index (χ4v) is 5.84. The van der Waals surface area contributed by atoms with Gasteiger partial charge < -0.3 is 14.8 Å². The minimum absolute atomic E-state index is 0.0202. The second-order valence-electron chi connectivity index (χ2n) is 7.73. The van der Waals surface area contributed by atoms with Crippen LogP contribution in [0.4, 0.5) is 17.1 Å². The molecule has 0 saturated heterocycles. The van der Waals surface area contributed by atoms with Crippen LogP contribution in [0.15, 0.2) is 59.5 Å². The van der Waals surface area contributed by atoms with E-state index < -0.39 is 32.5 Å². The fourth-order valence-electron chi connectivity index (χ4n) is 3.22. The van der Waals surface area contributed by atoms with Gasteiger partial charge in [0.1, 0.15) is 18.0 Å². The third-order valence-corrected chi connectivity index (χ3v) is 8.58. The van der Waals surface area contributed by atoms with Gasteiger partial charge in [-0.2, -0.15) is 0 Å². The summed E-state index contributed by atoms with van der Waals surface area (Å²) in [6, 6.07) is 12.4. The van der Waals surface area contributed by atoms with Gasteiger partial charge >= 0.3 is 0 Å². The van der Waals surface area contributed by atoms with Gasteiger partial charge in [0, 0.05) is 11.8 Å². The first-order valence-electron chi connectivity index (χ1n) is 10.5. The molecular weight excluding hydrogens is 601 g/mol. The van der Waals surface area contributed by atoms with Crippen molar-refractivity contribution in [3.63, 3.8) is 0 Å². The van der Waals surface area contributed by atoms with E-state index in [1.807, 2.05) is 0 Å². The number of carbonyl (C=O) groups is 1. The molecule has 0 bridgehead atoms. The summed E-state index contributed by atoms with van der Waals surface area (Å²) in [6.45, 7) is -0.630. The summed E-state index contributed by atoms with van der Waals surface area (Å²) in [7, 11) is -5.08. The van der Waals surface area contributed by atoms with E-state index in [0.717, 1.165) is 10.6 Å². The molecule has 3 rings (SSSR count). The van der Waals surface area contributed by atoms with Crippen molar-refractivity contribution in [2.24, 2.45) is 0 Å². The molecule has 0 fully saturated rings. The average molecular weight is 623 g/mol. The van der Waals surface area contributed by atoms with Crippen molar-refractivity contribution >= 4 is 77.8 Å². The Labute approximate surface area is 235 Å². The number of amides is 1. The van der Waals surface area contributed by atoms with Gasteiger partial charge in [-0.3, -0.25) is 13.8 Å². The zero-order valence-corrected chi connectivity index (χ0v) is 24.1. The van der Waals surface area contributed by atoms with Crippen LogP contribution < -0.4 is 23.8 Å². The molecule has 0 aliphatic carbocycles. The van der Waals surface area contributed by atoms with E-state index in [1.54, 1.807) is 6.07 Å². The van der Waals surface area contributed by atoms with Crippen LogP contribution in [0.25, 0.3) is 0 Å². The normalized spacial score (nSPS) is 11.5. The molecule has 204 valence electrons. The lowest BCUT2D eigenvalue weighted by Gasteiger charge is -2.23. The van der Waals surface area contributed by atoms with Crippen molar-refractivity contribution < 1.29 is 31.1 Å². The van der Waals surface area contributed by atoms with Crippen molar-refractivity contribution in [2.45, 2.75) is 4.90 Å². The van der Waals surface area contributed by atoms with Gasteiger partial charge in [-0.15, -0.1) is 0 Å². The minimum atomic E-state index is -4.01.